The van der Waals surface area contributed by atoms with Crippen LogP contribution in [0.1, 0.15) is 42.5 Å². The number of ether oxygens (including phenoxy) is 2. The van der Waals surface area contributed by atoms with Crippen LogP contribution in [0.4, 0.5) is 0 Å². The van der Waals surface area contributed by atoms with E-state index in [-0.39, 0.29) is 6.61 Å². The molecule has 0 amide bonds. The minimum atomic E-state index is 0.277. The molecule has 3 rings (SSSR count). The van der Waals surface area contributed by atoms with Gasteiger partial charge >= 0.3 is 0 Å². The van der Waals surface area contributed by atoms with Gasteiger partial charge in [0.15, 0.2) is 11.5 Å². The Hall–Kier alpha value is -2.20. The van der Waals surface area contributed by atoms with Crippen molar-refractivity contribution in [3.8, 4) is 11.5 Å². The molecule has 0 aromatic heterocycles. The van der Waals surface area contributed by atoms with Crippen LogP contribution in [0.2, 0.25) is 10.0 Å². The number of nitrogens with one attached hydrogen (secondary N) is 1. The van der Waals surface area contributed by atoms with Crippen LogP contribution >= 0.6 is 23.2 Å². The fourth-order valence-electron chi connectivity index (χ4n) is 3.36. The van der Waals surface area contributed by atoms with E-state index in [1.807, 2.05) is 30.3 Å². The summed E-state index contributed by atoms with van der Waals surface area (Å²) in [6.45, 7) is 3.23. The van der Waals surface area contributed by atoms with Gasteiger partial charge in [-0.15, -0.1) is 0 Å². The molecule has 0 heterocycles. The van der Waals surface area contributed by atoms with E-state index in [1.165, 1.54) is 5.56 Å². The molecule has 0 fully saturated rings. The van der Waals surface area contributed by atoms with Gasteiger partial charge in [0, 0.05) is 28.2 Å². The summed E-state index contributed by atoms with van der Waals surface area (Å²) in [6, 6.07) is 22.3. The first kappa shape index (κ1) is 22.5. The molecule has 0 aliphatic carbocycles. The third-order valence-corrected chi connectivity index (χ3v) is 5.70. The van der Waals surface area contributed by atoms with Gasteiger partial charge in [0.2, 0.25) is 0 Å². The Bertz CT molecular complexity index is 927. The highest BCUT2D eigenvalue weighted by atomic mass is 35.5. The molecule has 1 atom stereocenters. The third kappa shape index (κ3) is 5.91. The van der Waals surface area contributed by atoms with Crippen molar-refractivity contribution >= 4 is 23.2 Å². The molecule has 0 saturated heterocycles. The van der Waals surface area contributed by atoms with Crippen LogP contribution in [-0.2, 0) is 13.2 Å². The highest BCUT2D eigenvalue weighted by Gasteiger charge is 2.12. The molecule has 1 unspecified atom stereocenters. The largest absolute Gasteiger partial charge is 0.493 e. The summed E-state index contributed by atoms with van der Waals surface area (Å²) >= 11 is 12.5. The van der Waals surface area contributed by atoms with Gasteiger partial charge in [0.1, 0.15) is 6.61 Å². The second-order valence-corrected chi connectivity index (χ2v) is 7.92. The van der Waals surface area contributed by atoms with E-state index in [2.05, 4.69) is 36.5 Å². The summed E-state index contributed by atoms with van der Waals surface area (Å²) in [5.74, 6) is 1.34. The van der Waals surface area contributed by atoms with Crippen molar-refractivity contribution in [2.45, 2.75) is 39.0 Å². The molecule has 0 saturated carbocycles. The zero-order chi connectivity index (χ0) is 21.3. The first-order valence-corrected chi connectivity index (χ1v) is 10.9. The van der Waals surface area contributed by atoms with Gasteiger partial charge in [-0.25, -0.2) is 0 Å². The monoisotopic (exact) mass is 443 g/mol. The molecule has 30 heavy (non-hydrogen) atoms. The maximum atomic E-state index is 6.24. The number of halogens is 2. The molecule has 3 nitrogen and oxygen atoms in total. The van der Waals surface area contributed by atoms with Crippen molar-refractivity contribution in [2.24, 2.45) is 0 Å². The fourth-order valence-corrected chi connectivity index (χ4v) is 3.87. The highest BCUT2D eigenvalue weighted by Crippen LogP contribution is 2.31. The lowest BCUT2D eigenvalue weighted by Gasteiger charge is -2.19. The maximum Gasteiger partial charge on any atom is 0.161 e. The third-order valence-electron chi connectivity index (χ3n) is 4.99. The van der Waals surface area contributed by atoms with E-state index in [0.29, 0.717) is 27.6 Å². The van der Waals surface area contributed by atoms with Gasteiger partial charge in [-0.2, -0.15) is 0 Å². The Balaban J connectivity index is 1.67. The Morgan fingerprint density at radius 2 is 1.63 bits per heavy atom. The van der Waals surface area contributed by atoms with Crippen molar-refractivity contribution in [1.82, 2.24) is 5.32 Å². The zero-order valence-electron chi connectivity index (χ0n) is 17.3. The minimum Gasteiger partial charge on any atom is -0.493 e. The number of benzene rings is 3. The van der Waals surface area contributed by atoms with Gasteiger partial charge < -0.3 is 14.8 Å². The van der Waals surface area contributed by atoms with Crippen molar-refractivity contribution in [3.05, 3.63) is 93.5 Å². The summed E-state index contributed by atoms with van der Waals surface area (Å²) in [7, 11) is 1.64. The summed E-state index contributed by atoms with van der Waals surface area (Å²) in [5.41, 5.74) is 3.20. The van der Waals surface area contributed by atoms with Crippen molar-refractivity contribution in [2.75, 3.05) is 7.11 Å². The molecule has 1 N–H and O–H groups in total. The van der Waals surface area contributed by atoms with E-state index in [4.69, 9.17) is 32.7 Å². The number of hydrogen-bond donors (Lipinski definition) is 1. The Kier molecular flexibility index (Phi) is 8.44. The quantitative estimate of drug-likeness (QED) is 0.358. The van der Waals surface area contributed by atoms with Crippen LogP contribution in [0.5, 0.6) is 11.5 Å². The molecule has 3 aromatic rings. The topological polar surface area (TPSA) is 30.5 Å². The van der Waals surface area contributed by atoms with Crippen LogP contribution in [0.3, 0.4) is 0 Å². The summed E-state index contributed by atoms with van der Waals surface area (Å²) < 4.78 is 11.5. The van der Waals surface area contributed by atoms with Crippen molar-refractivity contribution < 1.29 is 9.47 Å². The summed E-state index contributed by atoms with van der Waals surface area (Å²) in [6.07, 6.45) is 2.20. The van der Waals surface area contributed by atoms with Gasteiger partial charge in [0.25, 0.3) is 0 Å². The zero-order valence-corrected chi connectivity index (χ0v) is 18.8. The van der Waals surface area contributed by atoms with Crippen LogP contribution < -0.4 is 14.8 Å². The molecule has 0 spiro atoms. The second kappa shape index (κ2) is 11.3. The molecule has 0 radical (unpaired) electrons. The molecule has 5 heteroatoms. The number of methoxy groups -OCH3 is 1. The first-order valence-electron chi connectivity index (χ1n) is 10.1. The highest BCUT2D eigenvalue weighted by molar-refractivity contribution is 6.35. The lowest BCUT2D eigenvalue weighted by atomic mass is 10.0. The SMILES string of the molecule is CCCC(NCc1ccc(OCc2c(Cl)cccc2Cl)c(OC)c1)c1ccccc1. The average molecular weight is 444 g/mol. The molecular formula is C25H27Cl2NO2. The van der Waals surface area contributed by atoms with Gasteiger partial charge in [-0.3, -0.25) is 0 Å². The van der Waals surface area contributed by atoms with Crippen LogP contribution in [-0.4, -0.2) is 7.11 Å². The Morgan fingerprint density at radius 3 is 2.30 bits per heavy atom. The van der Waals surface area contributed by atoms with Gasteiger partial charge in [-0.1, -0.05) is 79.0 Å². The smallest absolute Gasteiger partial charge is 0.161 e. The normalized spacial score (nSPS) is 11.9. The van der Waals surface area contributed by atoms with Gasteiger partial charge in [-0.05, 0) is 41.8 Å². The van der Waals surface area contributed by atoms with E-state index in [9.17, 15) is 0 Å². The first-order chi connectivity index (χ1) is 14.6. The van der Waals surface area contributed by atoms with E-state index >= 15 is 0 Å². The lowest BCUT2D eigenvalue weighted by molar-refractivity contribution is 0.284. The standard InChI is InChI=1S/C25H27Cl2NO2/c1-3-8-23(19-9-5-4-6-10-19)28-16-18-13-14-24(25(15-18)29-2)30-17-20-21(26)11-7-12-22(20)27/h4-7,9-15,23,28H,3,8,16-17H2,1-2H3. The lowest BCUT2D eigenvalue weighted by Crippen LogP contribution is -2.20. The molecule has 0 aliphatic rings. The number of rotatable bonds is 10. The van der Waals surface area contributed by atoms with E-state index < -0.39 is 0 Å². The van der Waals surface area contributed by atoms with Gasteiger partial charge in [0.05, 0.1) is 7.11 Å². The molecule has 0 aliphatic heterocycles. The molecule has 3 aromatic carbocycles. The second-order valence-electron chi connectivity index (χ2n) is 7.11. The minimum absolute atomic E-state index is 0.277. The van der Waals surface area contributed by atoms with Crippen molar-refractivity contribution in [3.63, 3.8) is 0 Å². The molecule has 158 valence electrons. The Morgan fingerprint density at radius 1 is 0.900 bits per heavy atom. The number of hydrogen-bond acceptors (Lipinski definition) is 3. The summed E-state index contributed by atoms with van der Waals surface area (Å²) in [5, 5.41) is 4.84. The van der Waals surface area contributed by atoms with Crippen LogP contribution in [0, 0.1) is 0 Å². The molecular weight excluding hydrogens is 417 g/mol. The van der Waals surface area contributed by atoms with Crippen LogP contribution in [0.25, 0.3) is 0 Å². The summed E-state index contributed by atoms with van der Waals surface area (Å²) in [4.78, 5) is 0. The van der Waals surface area contributed by atoms with Crippen molar-refractivity contribution in [1.29, 1.82) is 0 Å². The van der Waals surface area contributed by atoms with Crippen LogP contribution in [0.15, 0.2) is 66.7 Å². The Labute approximate surface area is 188 Å². The predicted molar refractivity (Wildman–Crippen MR) is 125 cm³/mol. The molecule has 0 bridgehead atoms. The average Bonchev–Trinajstić information content (AvgIpc) is 2.77. The maximum absolute atomic E-state index is 6.24. The fraction of sp³-hybridized carbons (Fsp3) is 0.280. The van der Waals surface area contributed by atoms with E-state index in [1.54, 1.807) is 19.2 Å². The van der Waals surface area contributed by atoms with E-state index in [0.717, 1.165) is 30.5 Å². The predicted octanol–water partition coefficient (Wildman–Crippen LogP) is 7.21.